The van der Waals surface area contributed by atoms with Crippen molar-refractivity contribution in [2.45, 2.75) is 38.1 Å². The summed E-state index contributed by atoms with van der Waals surface area (Å²) in [6, 6.07) is 16.5. The average Bonchev–Trinajstić information content (AvgIpc) is 3.13. The highest BCUT2D eigenvalue weighted by atomic mass is 16.6. The van der Waals surface area contributed by atoms with Crippen molar-refractivity contribution in [3.05, 3.63) is 59.7 Å². The number of carboxylic acids is 1. The van der Waals surface area contributed by atoms with Crippen molar-refractivity contribution >= 4 is 12.1 Å². The summed E-state index contributed by atoms with van der Waals surface area (Å²) in [5, 5.41) is 9.07. The van der Waals surface area contributed by atoms with Gasteiger partial charge in [0.05, 0.1) is 0 Å². The van der Waals surface area contributed by atoms with Crippen molar-refractivity contribution in [2.24, 2.45) is 5.92 Å². The molecule has 1 aliphatic heterocycles. The van der Waals surface area contributed by atoms with Crippen LogP contribution in [-0.4, -0.2) is 40.8 Å². The highest BCUT2D eigenvalue weighted by Gasteiger charge is 2.43. The Morgan fingerprint density at radius 1 is 1.07 bits per heavy atom. The van der Waals surface area contributed by atoms with Crippen LogP contribution < -0.4 is 0 Å². The molecule has 2 aliphatic rings. The molecule has 1 saturated heterocycles. The van der Waals surface area contributed by atoms with Crippen LogP contribution in [0.1, 0.15) is 43.7 Å². The third-order valence-electron chi connectivity index (χ3n) is 5.98. The Kier molecular flexibility index (Phi) is 4.61. The van der Waals surface area contributed by atoms with Gasteiger partial charge in [-0.1, -0.05) is 48.5 Å². The molecule has 0 saturated carbocycles. The van der Waals surface area contributed by atoms with E-state index in [-0.39, 0.29) is 31.0 Å². The third kappa shape index (κ3) is 3.26. The zero-order valence-electron chi connectivity index (χ0n) is 16.2. The average molecular weight is 379 g/mol. The second-order valence-electron chi connectivity index (χ2n) is 8.40. The quantitative estimate of drug-likeness (QED) is 0.849. The molecule has 0 aromatic heterocycles. The van der Waals surface area contributed by atoms with Gasteiger partial charge in [-0.25, -0.2) is 4.79 Å². The molecular weight excluding hydrogens is 354 g/mol. The summed E-state index contributed by atoms with van der Waals surface area (Å²) in [5.74, 6) is -0.833. The van der Waals surface area contributed by atoms with Crippen molar-refractivity contribution in [3.8, 4) is 11.1 Å². The molecule has 5 nitrogen and oxygen atoms in total. The summed E-state index contributed by atoms with van der Waals surface area (Å²) in [5.41, 5.74) is 4.36. The minimum atomic E-state index is -0.824. The van der Waals surface area contributed by atoms with Crippen molar-refractivity contribution in [1.82, 2.24) is 4.90 Å². The lowest BCUT2D eigenvalue weighted by atomic mass is 9.94. The first-order valence-corrected chi connectivity index (χ1v) is 9.71. The third-order valence-corrected chi connectivity index (χ3v) is 5.98. The minimum Gasteiger partial charge on any atom is -0.481 e. The lowest BCUT2D eigenvalue weighted by molar-refractivity contribution is -0.138. The van der Waals surface area contributed by atoms with E-state index < -0.39 is 11.5 Å². The number of likely N-dealkylation sites (tertiary alicyclic amines) is 1. The van der Waals surface area contributed by atoms with Crippen LogP contribution in [0, 0.1) is 5.92 Å². The van der Waals surface area contributed by atoms with Crippen LogP contribution in [0.3, 0.4) is 0 Å². The van der Waals surface area contributed by atoms with E-state index in [0.29, 0.717) is 13.0 Å². The maximum absolute atomic E-state index is 12.8. The maximum atomic E-state index is 12.8. The number of benzene rings is 2. The fourth-order valence-corrected chi connectivity index (χ4v) is 4.76. The van der Waals surface area contributed by atoms with Gasteiger partial charge in [-0.3, -0.25) is 4.79 Å². The van der Waals surface area contributed by atoms with E-state index in [1.165, 1.54) is 22.3 Å². The number of amides is 1. The maximum Gasteiger partial charge on any atom is 0.410 e. The van der Waals surface area contributed by atoms with Gasteiger partial charge in [0.1, 0.15) is 6.61 Å². The second kappa shape index (κ2) is 6.97. The summed E-state index contributed by atoms with van der Waals surface area (Å²) in [6.45, 7) is 4.64. The van der Waals surface area contributed by atoms with Crippen LogP contribution in [0.25, 0.3) is 11.1 Å². The van der Waals surface area contributed by atoms with Gasteiger partial charge in [-0.2, -0.15) is 0 Å². The fourth-order valence-electron chi connectivity index (χ4n) is 4.76. The lowest BCUT2D eigenvalue weighted by Crippen LogP contribution is -2.43. The SMILES string of the molecule is CC1(C)CC(CC(=O)O)CN1C(=O)OCC1c2ccccc2-c2ccccc21. The van der Waals surface area contributed by atoms with E-state index in [9.17, 15) is 9.59 Å². The summed E-state index contributed by atoms with van der Waals surface area (Å²) < 4.78 is 5.75. The minimum absolute atomic E-state index is 0.0249. The number of hydrogen-bond acceptors (Lipinski definition) is 3. The number of aliphatic carboxylic acids is 1. The normalized spacial score (nSPS) is 19.9. The number of carbonyl (C=O) groups excluding carboxylic acids is 1. The molecule has 1 aliphatic carbocycles. The van der Waals surface area contributed by atoms with Crippen molar-refractivity contribution in [2.75, 3.05) is 13.2 Å². The molecule has 1 heterocycles. The van der Waals surface area contributed by atoms with E-state index in [1.807, 2.05) is 38.1 Å². The van der Waals surface area contributed by atoms with Crippen LogP contribution >= 0.6 is 0 Å². The number of fused-ring (bicyclic) bond motifs is 3. The lowest BCUT2D eigenvalue weighted by Gasteiger charge is -2.31. The largest absolute Gasteiger partial charge is 0.481 e. The molecule has 0 spiro atoms. The molecule has 2 aromatic carbocycles. The van der Waals surface area contributed by atoms with Gasteiger partial charge in [0.2, 0.25) is 0 Å². The van der Waals surface area contributed by atoms with Gasteiger partial charge in [0.15, 0.2) is 0 Å². The van der Waals surface area contributed by atoms with E-state index in [0.717, 1.165) is 0 Å². The molecule has 1 unspecified atom stereocenters. The molecule has 28 heavy (non-hydrogen) atoms. The Morgan fingerprint density at radius 3 is 2.21 bits per heavy atom. The zero-order chi connectivity index (χ0) is 19.9. The summed E-state index contributed by atoms with van der Waals surface area (Å²) >= 11 is 0. The first-order chi connectivity index (χ1) is 13.4. The van der Waals surface area contributed by atoms with Crippen molar-refractivity contribution < 1.29 is 19.4 Å². The Balaban J connectivity index is 1.49. The summed E-state index contributed by atoms with van der Waals surface area (Å²) in [7, 11) is 0. The van der Waals surface area contributed by atoms with Crippen LogP contribution in [0.2, 0.25) is 0 Å². The van der Waals surface area contributed by atoms with Gasteiger partial charge in [0.25, 0.3) is 0 Å². The van der Waals surface area contributed by atoms with Gasteiger partial charge in [0, 0.05) is 24.4 Å². The van der Waals surface area contributed by atoms with Crippen molar-refractivity contribution in [1.29, 1.82) is 0 Å². The molecule has 0 radical (unpaired) electrons. The van der Waals surface area contributed by atoms with Gasteiger partial charge in [-0.05, 0) is 48.4 Å². The topological polar surface area (TPSA) is 66.8 Å². The van der Waals surface area contributed by atoms with Crippen LogP contribution in [0.15, 0.2) is 48.5 Å². The van der Waals surface area contributed by atoms with E-state index in [4.69, 9.17) is 9.84 Å². The van der Waals surface area contributed by atoms with Gasteiger partial charge < -0.3 is 14.7 Å². The molecular formula is C23H25NO4. The molecule has 4 rings (SSSR count). The predicted molar refractivity (Wildman–Crippen MR) is 106 cm³/mol. The number of carboxylic acid groups (broad SMARTS) is 1. The number of carbonyl (C=O) groups is 2. The van der Waals surface area contributed by atoms with Crippen LogP contribution in [0.5, 0.6) is 0 Å². The number of rotatable bonds is 4. The molecule has 2 aromatic rings. The Bertz CT molecular complexity index is 875. The van der Waals surface area contributed by atoms with Crippen LogP contribution in [0.4, 0.5) is 4.79 Å². The molecule has 1 N–H and O–H groups in total. The second-order valence-corrected chi connectivity index (χ2v) is 8.40. The monoisotopic (exact) mass is 379 g/mol. The highest BCUT2D eigenvalue weighted by molar-refractivity contribution is 5.79. The smallest absolute Gasteiger partial charge is 0.410 e. The summed E-state index contributed by atoms with van der Waals surface area (Å²) in [4.78, 5) is 25.6. The molecule has 5 heteroatoms. The van der Waals surface area contributed by atoms with E-state index in [1.54, 1.807) is 4.90 Å². The number of ether oxygens (including phenoxy) is 1. The molecule has 1 atom stereocenters. The molecule has 0 bridgehead atoms. The Morgan fingerprint density at radius 2 is 1.64 bits per heavy atom. The predicted octanol–water partition coefficient (Wildman–Crippen LogP) is 4.51. The summed E-state index contributed by atoms with van der Waals surface area (Å²) in [6.07, 6.45) is 0.389. The Labute approximate surface area is 164 Å². The molecule has 146 valence electrons. The van der Waals surface area contributed by atoms with E-state index >= 15 is 0 Å². The first-order valence-electron chi connectivity index (χ1n) is 9.71. The number of hydrogen-bond donors (Lipinski definition) is 1. The first kappa shape index (κ1) is 18.5. The fraction of sp³-hybridized carbons (Fsp3) is 0.391. The zero-order valence-corrected chi connectivity index (χ0v) is 16.2. The molecule has 1 amide bonds. The van der Waals surface area contributed by atoms with Crippen molar-refractivity contribution in [3.63, 3.8) is 0 Å². The van der Waals surface area contributed by atoms with Gasteiger partial charge in [-0.15, -0.1) is 0 Å². The Hall–Kier alpha value is -2.82. The highest BCUT2D eigenvalue weighted by Crippen LogP contribution is 2.44. The van der Waals surface area contributed by atoms with Gasteiger partial charge >= 0.3 is 12.1 Å². The van der Waals surface area contributed by atoms with Crippen LogP contribution in [-0.2, 0) is 9.53 Å². The standard InChI is InChI=1S/C23H25NO4/c1-23(2)12-15(11-21(25)26)13-24(23)22(27)28-14-20-18-9-5-3-7-16(18)17-8-4-6-10-19(17)20/h3-10,15,20H,11-14H2,1-2H3,(H,25,26). The molecule has 1 fully saturated rings. The van der Waals surface area contributed by atoms with E-state index in [2.05, 4.69) is 24.3 Å². The number of nitrogens with zero attached hydrogens (tertiary/aromatic N) is 1.